The summed E-state index contributed by atoms with van der Waals surface area (Å²) in [6.45, 7) is 6.46. The highest BCUT2D eigenvalue weighted by Gasteiger charge is 2.31. The average molecular weight is 486 g/mol. The first-order chi connectivity index (χ1) is 15.8. The van der Waals surface area contributed by atoms with Crippen LogP contribution in [0.1, 0.15) is 29.8 Å². The van der Waals surface area contributed by atoms with Gasteiger partial charge in [-0.1, -0.05) is 35.9 Å². The van der Waals surface area contributed by atoms with E-state index in [0.29, 0.717) is 49.7 Å². The predicted molar refractivity (Wildman–Crippen MR) is 132 cm³/mol. The number of fused-ring (bicyclic) bond motifs is 1. The van der Waals surface area contributed by atoms with Crippen molar-refractivity contribution in [2.75, 3.05) is 37.6 Å². The van der Waals surface area contributed by atoms with Crippen molar-refractivity contribution in [1.29, 1.82) is 0 Å². The minimum Gasteiger partial charge on any atom is -0.372 e. The monoisotopic (exact) mass is 485 g/mol. The zero-order chi connectivity index (χ0) is 23.6. The molecule has 0 atom stereocenters. The van der Waals surface area contributed by atoms with Crippen LogP contribution < -0.4 is 4.90 Å². The Morgan fingerprint density at radius 3 is 2.36 bits per heavy atom. The molecule has 0 saturated carbocycles. The Bertz CT molecular complexity index is 1200. The number of hydrogen-bond acceptors (Lipinski definition) is 4. The van der Waals surface area contributed by atoms with E-state index < -0.39 is 10.0 Å². The topological polar surface area (TPSA) is 60.9 Å². The van der Waals surface area contributed by atoms with Crippen molar-refractivity contribution in [3.05, 3.63) is 82.5 Å². The smallest absolute Gasteiger partial charge is 0.258 e. The van der Waals surface area contributed by atoms with E-state index in [-0.39, 0.29) is 10.8 Å². The zero-order valence-corrected chi connectivity index (χ0v) is 20.4. The SMILES string of the molecule is C/C=C(Cl)\C=C(/C)N1CCN(S(=O)(=O)c2ccc3c(c2)CCN3C(=O)c2ccccc2)CC1. The molecule has 2 aromatic rings. The Labute approximate surface area is 200 Å². The highest BCUT2D eigenvalue weighted by Crippen LogP contribution is 2.32. The number of halogens is 1. The van der Waals surface area contributed by atoms with Crippen LogP contribution in [0.5, 0.6) is 0 Å². The van der Waals surface area contributed by atoms with Crippen molar-refractivity contribution in [1.82, 2.24) is 9.21 Å². The van der Waals surface area contributed by atoms with Crippen LogP contribution in [-0.2, 0) is 16.4 Å². The molecule has 4 rings (SSSR count). The van der Waals surface area contributed by atoms with Gasteiger partial charge in [-0.15, -0.1) is 0 Å². The number of anilines is 1. The summed E-state index contributed by atoms with van der Waals surface area (Å²) in [6, 6.07) is 14.3. The van der Waals surface area contributed by atoms with Crippen molar-refractivity contribution in [3.8, 4) is 0 Å². The second-order valence-electron chi connectivity index (χ2n) is 8.21. The summed E-state index contributed by atoms with van der Waals surface area (Å²) in [5.41, 5.74) is 3.32. The molecule has 2 aliphatic rings. The molecule has 6 nitrogen and oxygen atoms in total. The van der Waals surface area contributed by atoms with Gasteiger partial charge in [0.2, 0.25) is 10.0 Å². The molecular formula is C25H28ClN3O3S. The average Bonchev–Trinajstić information content (AvgIpc) is 3.27. The Balaban J connectivity index is 1.48. The number of sulfonamides is 1. The highest BCUT2D eigenvalue weighted by molar-refractivity contribution is 7.89. The molecule has 0 unspecified atom stereocenters. The summed E-state index contributed by atoms with van der Waals surface area (Å²) in [5.74, 6) is -0.0671. The molecule has 0 spiro atoms. The third-order valence-electron chi connectivity index (χ3n) is 6.21. The van der Waals surface area contributed by atoms with Gasteiger partial charge in [-0.05, 0) is 62.2 Å². The van der Waals surface area contributed by atoms with Crippen LogP contribution in [0.25, 0.3) is 0 Å². The number of nitrogens with zero attached hydrogens (tertiary/aromatic N) is 3. The molecule has 1 amide bonds. The van der Waals surface area contributed by atoms with Crippen LogP contribution in [0.3, 0.4) is 0 Å². The number of hydrogen-bond donors (Lipinski definition) is 0. The van der Waals surface area contributed by atoms with E-state index in [0.717, 1.165) is 16.9 Å². The minimum absolute atomic E-state index is 0.0671. The van der Waals surface area contributed by atoms with Crippen LogP contribution in [0.4, 0.5) is 5.69 Å². The van der Waals surface area contributed by atoms with Crippen LogP contribution in [0.2, 0.25) is 0 Å². The van der Waals surface area contributed by atoms with Gasteiger partial charge in [0.1, 0.15) is 0 Å². The van der Waals surface area contributed by atoms with Crippen molar-refractivity contribution < 1.29 is 13.2 Å². The molecule has 2 heterocycles. The molecule has 8 heteroatoms. The van der Waals surface area contributed by atoms with Crippen molar-refractivity contribution in [3.63, 3.8) is 0 Å². The maximum Gasteiger partial charge on any atom is 0.258 e. The van der Waals surface area contributed by atoms with E-state index in [4.69, 9.17) is 11.6 Å². The molecule has 0 aliphatic carbocycles. The van der Waals surface area contributed by atoms with Crippen LogP contribution >= 0.6 is 11.6 Å². The maximum absolute atomic E-state index is 13.3. The first-order valence-corrected chi connectivity index (χ1v) is 12.9. The standard InChI is InChI=1S/C25H28ClN3O3S/c1-3-22(26)17-19(2)27-13-15-28(16-14-27)33(31,32)23-9-10-24-21(18-23)11-12-29(24)25(30)20-7-5-4-6-8-20/h3-10,17-18H,11-16H2,1-2H3/b19-17+,22-3+. The number of piperazine rings is 1. The van der Waals surface area contributed by atoms with Gasteiger partial charge in [0, 0.05) is 54.7 Å². The van der Waals surface area contributed by atoms with Gasteiger partial charge in [0.15, 0.2) is 0 Å². The molecule has 1 saturated heterocycles. The van der Waals surface area contributed by atoms with Crippen molar-refractivity contribution >= 4 is 33.2 Å². The number of benzene rings is 2. The van der Waals surface area contributed by atoms with Crippen molar-refractivity contribution in [2.45, 2.75) is 25.2 Å². The van der Waals surface area contributed by atoms with Gasteiger partial charge < -0.3 is 9.80 Å². The van der Waals surface area contributed by atoms with Gasteiger partial charge in [0.25, 0.3) is 5.91 Å². The van der Waals surface area contributed by atoms with Gasteiger partial charge >= 0.3 is 0 Å². The lowest BCUT2D eigenvalue weighted by molar-refractivity contribution is 0.0989. The third-order valence-corrected chi connectivity index (χ3v) is 8.43. The lowest BCUT2D eigenvalue weighted by Crippen LogP contribution is -2.47. The first kappa shape index (κ1) is 23.5. The lowest BCUT2D eigenvalue weighted by Gasteiger charge is -2.35. The Morgan fingerprint density at radius 2 is 1.70 bits per heavy atom. The fraction of sp³-hybridized carbons (Fsp3) is 0.320. The second-order valence-corrected chi connectivity index (χ2v) is 10.6. The van der Waals surface area contributed by atoms with E-state index in [1.165, 1.54) is 4.31 Å². The zero-order valence-electron chi connectivity index (χ0n) is 18.9. The van der Waals surface area contributed by atoms with E-state index in [1.54, 1.807) is 35.2 Å². The quantitative estimate of drug-likeness (QED) is 0.594. The molecule has 2 aromatic carbocycles. The van der Waals surface area contributed by atoms with Gasteiger partial charge in [-0.3, -0.25) is 4.79 Å². The fourth-order valence-electron chi connectivity index (χ4n) is 4.29. The number of amides is 1. The normalized spacial score (nSPS) is 17.9. The summed E-state index contributed by atoms with van der Waals surface area (Å²) in [7, 11) is -3.60. The van der Waals surface area contributed by atoms with Crippen molar-refractivity contribution in [2.24, 2.45) is 0 Å². The summed E-state index contributed by atoms with van der Waals surface area (Å²) in [5, 5.41) is 0.667. The number of allylic oxidation sites excluding steroid dienone is 4. The summed E-state index contributed by atoms with van der Waals surface area (Å²) in [6.07, 6.45) is 4.36. The first-order valence-electron chi connectivity index (χ1n) is 11.1. The number of rotatable bonds is 5. The van der Waals surface area contributed by atoms with E-state index in [9.17, 15) is 13.2 Å². The Kier molecular flexibility index (Phi) is 6.93. The largest absolute Gasteiger partial charge is 0.372 e. The van der Waals surface area contributed by atoms with Gasteiger partial charge in [-0.2, -0.15) is 4.31 Å². The summed E-state index contributed by atoms with van der Waals surface area (Å²) < 4.78 is 28.2. The third kappa shape index (κ3) is 4.86. The number of carbonyl (C=O) groups is 1. The van der Waals surface area contributed by atoms with Crippen LogP contribution in [0, 0.1) is 0 Å². The van der Waals surface area contributed by atoms with E-state index >= 15 is 0 Å². The second kappa shape index (κ2) is 9.71. The highest BCUT2D eigenvalue weighted by atomic mass is 35.5. The minimum atomic E-state index is -3.60. The fourth-order valence-corrected chi connectivity index (χ4v) is 5.92. The Hall–Kier alpha value is -2.61. The molecule has 0 bridgehead atoms. The molecule has 33 heavy (non-hydrogen) atoms. The molecule has 174 valence electrons. The number of carbonyl (C=O) groups excluding carboxylic acids is 1. The molecule has 1 fully saturated rings. The maximum atomic E-state index is 13.3. The summed E-state index contributed by atoms with van der Waals surface area (Å²) >= 11 is 6.10. The molecule has 0 N–H and O–H groups in total. The predicted octanol–water partition coefficient (Wildman–Crippen LogP) is 4.24. The van der Waals surface area contributed by atoms with E-state index in [1.807, 2.05) is 44.2 Å². The van der Waals surface area contributed by atoms with Gasteiger partial charge in [-0.25, -0.2) is 8.42 Å². The molecule has 0 radical (unpaired) electrons. The molecule has 2 aliphatic heterocycles. The molecular weight excluding hydrogens is 458 g/mol. The molecule has 0 aromatic heterocycles. The van der Waals surface area contributed by atoms with Crippen LogP contribution in [-0.4, -0.2) is 56.3 Å². The Morgan fingerprint density at radius 1 is 1.00 bits per heavy atom. The van der Waals surface area contributed by atoms with Gasteiger partial charge in [0.05, 0.1) is 4.90 Å². The van der Waals surface area contributed by atoms with E-state index in [2.05, 4.69) is 4.90 Å². The lowest BCUT2D eigenvalue weighted by atomic mass is 10.1. The van der Waals surface area contributed by atoms with Crippen LogP contribution in [0.15, 0.2) is 76.3 Å². The summed E-state index contributed by atoms with van der Waals surface area (Å²) in [4.78, 5) is 17.0.